The minimum atomic E-state index is 0.649. The molecule has 0 atom stereocenters. The van der Waals surface area contributed by atoms with Crippen molar-refractivity contribution in [1.82, 2.24) is 10.2 Å². The van der Waals surface area contributed by atoms with Gasteiger partial charge in [-0.25, -0.2) is 0 Å². The second-order valence-corrected chi connectivity index (χ2v) is 3.86. The Balaban J connectivity index is 2.86. The van der Waals surface area contributed by atoms with E-state index in [9.17, 15) is 0 Å². The van der Waals surface area contributed by atoms with Crippen LogP contribution < -0.4 is 0 Å². The highest BCUT2D eigenvalue weighted by atomic mass is 127. The van der Waals surface area contributed by atoms with Crippen LogP contribution in [-0.4, -0.2) is 10.2 Å². The number of fused-ring (bicyclic) bond motifs is 1. The van der Waals surface area contributed by atoms with Gasteiger partial charge in [-0.3, -0.25) is 0 Å². The first kappa shape index (κ1) is 8.19. The van der Waals surface area contributed by atoms with Crippen LogP contribution in [0.3, 0.4) is 0 Å². The van der Waals surface area contributed by atoms with E-state index in [0.717, 1.165) is 14.6 Å². The number of hydrogen-bond acceptors (Lipinski definition) is 2. The molecule has 4 heteroatoms. The maximum absolute atomic E-state index is 5.90. The summed E-state index contributed by atoms with van der Waals surface area (Å²) in [5.74, 6) is 0. The molecule has 0 aliphatic rings. The Bertz CT molecular complexity index is 430. The summed E-state index contributed by atoms with van der Waals surface area (Å²) >= 11 is 8.03. The molecule has 2 nitrogen and oxygen atoms in total. The van der Waals surface area contributed by atoms with Crippen molar-refractivity contribution in [1.29, 1.82) is 0 Å². The highest BCUT2D eigenvalue weighted by molar-refractivity contribution is 14.1. The van der Waals surface area contributed by atoms with Crippen molar-refractivity contribution in [3.05, 3.63) is 33.0 Å². The monoisotopic (exact) mass is 290 g/mol. The Hall–Kier alpha value is -0.420. The molecule has 1 aromatic heterocycles. The molecule has 0 aliphatic heterocycles. The number of benzene rings is 1. The lowest BCUT2D eigenvalue weighted by Crippen LogP contribution is -1.87. The van der Waals surface area contributed by atoms with Crippen LogP contribution in [0, 0.1) is 3.70 Å². The summed E-state index contributed by atoms with van der Waals surface area (Å²) in [4.78, 5) is 0. The van der Waals surface area contributed by atoms with Gasteiger partial charge in [-0.2, -0.15) is 0 Å². The fourth-order valence-corrected chi connectivity index (χ4v) is 1.67. The van der Waals surface area contributed by atoms with Crippen LogP contribution in [0.2, 0.25) is 5.02 Å². The molecular weight excluding hydrogens is 286 g/mol. The lowest BCUT2D eigenvalue weighted by atomic mass is 10.2. The Morgan fingerprint density at radius 2 is 2.08 bits per heavy atom. The Morgan fingerprint density at radius 1 is 1.25 bits per heavy atom. The summed E-state index contributed by atoms with van der Waals surface area (Å²) in [5.41, 5.74) is 0.764. The van der Waals surface area contributed by atoms with Gasteiger partial charge in [0.2, 0.25) is 0 Å². The Kier molecular flexibility index (Phi) is 2.14. The second kappa shape index (κ2) is 3.14. The number of hydrogen-bond donors (Lipinski definition) is 0. The quantitative estimate of drug-likeness (QED) is 0.697. The van der Waals surface area contributed by atoms with Crippen LogP contribution in [0.5, 0.6) is 0 Å². The highest BCUT2D eigenvalue weighted by Gasteiger charge is 2.00. The lowest BCUT2D eigenvalue weighted by molar-refractivity contribution is 1.04. The van der Waals surface area contributed by atoms with Gasteiger partial charge in [0.15, 0.2) is 0 Å². The van der Waals surface area contributed by atoms with Crippen molar-refractivity contribution in [3.8, 4) is 0 Å². The van der Waals surface area contributed by atoms with Crippen LogP contribution in [0.25, 0.3) is 10.9 Å². The summed E-state index contributed by atoms with van der Waals surface area (Å²) in [6.07, 6.45) is 0. The molecule has 0 N–H and O–H groups in total. The first-order valence-corrected chi connectivity index (χ1v) is 4.80. The van der Waals surface area contributed by atoms with Crippen molar-refractivity contribution in [2.24, 2.45) is 0 Å². The van der Waals surface area contributed by atoms with Crippen molar-refractivity contribution < 1.29 is 0 Å². The van der Waals surface area contributed by atoms with E-state index < -0.39 is 0 Å². The molecule has 2 aromatic rings. The van der Waals surface area contributed by atoms with Gasteiger partial charge in [0.25, 0.3) is 0 Å². The van der Waals surface area contributed by atoms with E-state index in [1.165, 1.54) is 0 Å². The van der Waals surface area contributed by atoms with Crippen LogP contribution >= 0.6 is 34.2 Å². The maximum Gasteiger partial charge on any atom is 0.124 e. The third-order valence-corrected chi connectivity index (χ3v) is 2.37. The van der Waals surface area contributed by atoms with E-state index in [1.54, 1.807) is 0 Å². The summed E-state index contributed by atoms with van der Waals surface area (Å²) in [5, 5.41) is 9.59. The molecular formula is C8H4ClIN2. The SMILES string of the molecule is Clc1cccc2cc(I)nnc12. The molecule has 0 fully saturated rings. The molecule has 0 saturated carbocycles. The van der Waals surface area contributed by atoms with E-state index in [2.05, 4.69) is 32.8 Å². The molecule has 0 bridgehead atoms. The lowest BCUT2D eigenvalue weighted by Gasteiger charge is -1.97. The van der Waals surface area contributed by atoms with Gasteiger partial charge in [-0.15, -0.1) is 10.2 Å². The third-order valence-electron chi connectivity index (χ3n) is 1.54. The van der Waals surface area contributed by atoms with Gasteiger partial charge in [-0.05, 0) is 34.7 Å². The van der Waals surface area contributed by atoms with E-state index in [1.807, 2.05) is 24.3 Å². The van der Waals surface area contributed by atoms with Gasteiger partial charge >= 0.3 is 0 Å². The smallest absolute Gasteiger partial charge is 0.124 e. The van der Waals surface area contributed by atoms with E-state index in [0.29, 0.717) is 5.02 Å². The van der Waals surface area contributed by atoms with Crippen molar-refractivity contribution >= 4 is 45.1 Å². The molecule has 0 spiro atoms. The predicted molar refractivity (Wildman–Crippen MR) is 57.3 cm³/mol. The first-order valence-electron chi connectivity index (χ1n) is 3.35. The van der Waals surface area contributed by atoms with Crippen LogP contribution in [0.4, 0.5) is 0 Å². The summed E-state index contributed by atoms with van der Waals surface area (Å²) < 4.78 is 0.877. The zero-order chi connectivity index (χ0) is 8.55. The Labute approximate surface area is 88.1 Å². The molecule has 0 aliphatic carbocycles. The third kappa shape index (κ3) is 1.38. The van der Waals surface area contributed by atoms with Gasteiger partial charge < -0.3 is 0 Å². The van der Waals surface area contributed by atoms with Gasteiger partial charge in [0.1, 0.15) is 9.22 Å². The highest BCUT2D eigenvalue weighted by Crippen LogP contribution is 2.20. The predicted octanol–water partition coefficient (Wildman–Crippen LogP) is 2.89. The topological polar surface area (TPSA) is 25.8 Å². The van der Waals surface area contributed by atoms with E-state index in [-0.39, 0.29) is 0 Å². The first-order chi connectivity index (χ1) is 5.77. The van der Waals surface area contributed by atoms with Crippen LogP contribution in [-0.2, 0) is 0 Å². The zero-order valence-electron chi connectivity index (χ0n) is 5.96. The van der Waals surface area contributed by atoms with E-state index in [4.69, 9.17) is 11.6 Å². The van der Waals surface area contributed by atoms with Gasteiger partial charge in [-0.1, -0.05) is 23.7 Å². The molecule has 0 unspecified atom stereocenters. The average molecular weight is 290 g/mol. The summed E-state index contributed by atoms with van der Waals surface area (Å²) in [6, 6.07) is 7.64. The average Bonchev–Trinajstić information content (AvgIpc) is 2.04. The largest absolute Gasteiger partial charge is 0.148 e. The molecule has 2 rings (SSSR count). The molecule has 0 radical (unpaired) electrons. The number of halogens is 2. The van der Waals surface area contributed by atoms with Gasteiger partial charge in [0, 0.05) is 5.39 Å². The maximum atomic E-state index is 5.90. The molecule has 0 saturated heterocycles. The zero-order valence-corrected chi connectivity index (χ0v) is 8.87. The van der Waals surface area contributed by atoms with Crippen LogP contribution in [0.1, 0.15) is 0 Å². The normalized spacial score (nSPS) is 10.5. The minimum Gasteiger partial charge on any atom is -0.148 e. The fourth-order valence-electron chi connectivity index (χ4n) is 1.01. The van der Waals surface area contributed by atoms with Crippen molar-refractivity contribution in [2.45, 2.75) is 0 Å². The number of rotatable bonds is 0. The fraction of sp³-hybridized carbons (Fsp3) is 0. The number of aromatic nitrogens is 2. The molecule has 60 valence electrons. The van der Waals surface area contributed by atoms with Crippen molar-refractivity contribution in [2.75, 3.05) is 0 Å². The van der Waals surface area contributed by atoms with E-state index >= 15 is 0 Å². The number of nitrogens with zero attached hydrogens (tertiary/aromatic N) is 2. The standard InChI is InChI=1S/C8H4ClIN2/c9-6-3-1-2-5-4-7(10)11-12-8(5)6/h1-4H. The molecule has 1 aromatic carbocycles. The molecule has 1 heterocycles. The Morgan fingerprint density at radius 3 is 2.92 bits per heavy atom. The summed E-state index contributed by atoms with van der Waals surface area (Å²) in [7, 11) is 0. The molecule has 0 amide bonds. The summed E-state index contributed by atoms with van der Waals surface area (Å²) in [6.45, 7) is 0. The van der Waals surface area contributed by atoms with Crippen LogP contribution in [0.15, 0.2) is 24.3 Å². The minimum absolute atomic E-state index is 0.649. The van der Waals surface area contributed by atoms with Gasteiger partial charge in [0.05, 0.1) is 5.02 Å². The molecule has 12 heavy (non-hydrogen) atoms. The van der Waals surface area contributed by atoms with Crippen molar-refractivity contribution in [3.63, 3.8) is 0 Å². The second-order valence-electron chi connectivity index (χ2n) is 2.34.